The molecule has 0 fully saturated rings. The highest BCUT2D eigenvalue weighted by Crippen LogP contribution is 2.34. The first-order chi connectivity index (χ1) is 11.5. The number of aryl methyl sites for hydroxylation is 1. The first-order valence-electron chi connectivity index (χ1n) is 7.39. The maximum atomic E-state index is 12.9. The van der Waals surface area contributed by atoms with Crippen molar-refractivity contribution in [3.05, 3.63) is 57.6 Å². The largest absolute Gasteiger partial charge is 0.490 e. The number of ether oxygens (including phenoxy) is 2. The zero-order chi connectivity index (χ0) is 17.3. The van der Waals surface area contributed by atoms with Crippen molar-refractivity contribution in [3.8, 4) is 11.5 Å². The first-order valence-corrected chi connectivity index (χ1v) is 7.39. The Morgan fingerprint density at radius 1 is 1.29 bits per heavy atom. The lowest BCUT2D eigenvalue weighted by Crippen LogP contribution is -2.38. The van der Waals surface area contributed by atoms with Crippen molar-refractivity contribution < 1.29 is 19.2 Å². The second-order valence-corrected chi connectivity index (χ2v) is 5.42. The molecule has 7 nitrogen and oxygen atoms in total. The van der Waals surface area contributed by atoms with Gasteiger partial charge in [-0.05, 0) is 36.8 Å². The Morgan fingerprint density at radius 2 is 2.08 bits per heavy atom. The summed E-state index contributed by atoms with van der Waals surface area (Å²) in [4.78, 5) is 25.0. The van der Waals surface area contributed by atoms with Gasteiger partial charge >= 0.3 is 5.69 Å². The zero-order valence-corrected chi connectivity index (χ0v) is 13.3. The van der Waals surface area contributed by atoms with Gasteiger partial charge in [0.2, 0.25) is 0 Å². The Kier molecular flexibility index (Phi) is 4.07. The summed E-state index contributed by atoms with van der Waals surface area (Å²) in [6.07, 6.45) is 0. The molecule has 124 valence electrons. The lowest BCUT2D eigenvalue weighted by molar-refractivity contribution is -0.385. The molecule has 0 radical (unpaired) electrons. The molecule has 0 aliphatic carbocycles. The molecule has 0 unspecified atom stereocenters. The summed E-state index contributed by atoms with van der Waals surface area (Å²) in [7, 11) is 1.35. The molecule has 1 heterocycles. The van der Waals surface area contributed by atoms with Gasteiger partial charge in [-0.25, -0.2) is 0 Å². The minimum atomic E-state index is -0.562. The summed E-state index contributed by atoms with van der Waals surface area (Å²) >= 11 is 0. The van der Waals surface area contributed by atoms with Gasteiger partial charge in [0.25, 0.3) is 5.91 Å². The number of methoxy groups -OCH3 is 1. The van der Waals surface area contributed by atoms with Crippen molar-refractivity contribution in [3.63, 3.8) is 0 Å². The van der Waals surface area contributed by atoms with E-state index in [2.05, 4.69) is 0 Å². The molecule has 0 saturated carbocycles. The summed E-state index contributed by atoms with van der Waals surface area (Å²) in [5.41, 5.74) is 1.67. The Hall–Kier alpha value is -3.09. The van der Waals surface area contributed by atoms with E-state index in [4.69, 9.17) is 9.47 Å². The average Bonchev–Trinajstić information content (AvgIpc) is 2.59. The SMILES string of the molecule is COc1ccc(C(=O)N2CCOc3ccc(C)cc32)cc1[N+](=O)[O-]. The monoisotopic (exact) mass is 328 g/mol. The highest BCUT2D eigenvalue weighted by Gasteiger charge is 2.27. The van der Waals surface area contributed by atoms with Crippen LogP contribution < -0.4 is 14.4 Å². The number of nitro groups is 1. The van der Waals surface area contributed by atoms with Crippen LogP contribution in [0.25, 0.3) is 0 Å². The van der Waals surface area contributed by atoms with E-state index < -0.39 is 4.92 Å². The predicted molar refractivity (Wildman–Crippen MR) is 88.0 cm³/mol. The number of carbonyl (C=O) groups is 1. The van der Waals surface area contributed by atoms with Crippen molar-refractivity contribution in [1.82, 2.24) is 0 Å². The lowest BCUT2D eigenvalue weighted by Gasteiger charge is -2.30. The predicted octanol–water partition coefficient (Wildman–Crippen LogP) is 2.95. The minimum absolute atomic E-state index is 0.120. The Labute approximate surface area is 138 Å². The number of anilines is 1. The first kappa shape index (κ1) is 15.8. The molecule has 7 heteroatoms. The number of amides is 1. The molecule has 0 bridgehead atoms. The van der Waals surface area contributed by atoms with Crippen LogP contribution in [0.4, 0.5) is 11.4 Å². The molecule has 24 heavy (non-hydrogen) atoms. The van der Waals surface area contributed by atoms with E-state index in [-0.39, 0.29) is 22.9 Å². The third kappa shape index (κ3) is 2.76. The summed E-state index contributed by atoms with van der Waals surface area (Å²) < 4.78 is 10.5. The molecule has 1 aliphatic rings. The number of benzene rings is 2. The number of fused-ring (bicyclic) bond motifs is 1. The quantitative estimate of drug-likeness (QED) is 0.639. The van der Waals surface area contributed by atoms with Crippen molar-refractivity contribution in [1.29, 1.82) is 0 Å². The third-order valence-corrected chi connectivity index (χ3v) is 3.85. The highest BCUT2D eigenvalue weighted by atomic mass is 16.6. The van der Waals surface area contributed by atoms with Crippen LogP contribution in [-0.4, -0.2) is 31.1 Å². The smallest absolute Gasteiger partial charge is 0.311 e. The van der Waals surface area contributed by atoms with E-state index in [0.29, 0.717) is 24.6 Å². The molecule has 3 rings (SSSR count). The topological polar surface area (TPSA) is 81.9 Å². The van der Waals surface area contributed by atoms with E-state index in [1.165, 1.54) is 25.3 Å². The number of carbonyl (C=O) groups excluding carboxylic acids is 1. The van der Waals surface area contributed by atoms with Gasteiger partial charge in [-0.3, -0.25) is 14.9 Å². The molecular formula is C17H16N2O5. The number of hydrogen-bond acceptors (Lipinski definition) is 5. The molecule has 2 aromatic carbocycles. The Bertz CT molecular complexity index is 819. The number of hydrogen-bond donors (Lipinski definition) is 0. The minimum Gasteiger partial charge on any atom is -0.490 e. The van der Waals surface area contributed by atoms with Crippen molar-refractivity contribution >= 4 is 17.3 Å². The molecule has 1 aliphatic heterocycles. The van der Waals surface area contributed by atoms with Gasteiger partial charge in [-0.2, -0.15) is 0 Å². The van der Waals surface area contributed by atoms with Crippen molar-refractivity contribution in [2.45, 2.75) is 6.92 Å². The molecular weight excluding hydrogens is 312 g/mol. The summed E-state index contributed by atoms with van der Waals surface area (Å²) in [6.45, 7) is 2.69. The van der Waals surface area contributed by atoms with Crippen LogP contribution in [0.15, 0.2) is 36.4 Å². The summed E-state index contributed by atoms with van der Waals surface area (Å²) in [5, 5.41) is 11.2. The summed E-state index contributed by atoms with van der Waals surface area (Å²) in [5.74, 6) is 0.439. The van der Waals surface area contributed by atoms with Crippen molar-refractivity contribution in [2.24, 2.45) is 0 Å². The third-order valence-electron chi connectivity index (χ3n) is 3.85. The fourth-order valence-electron chi connectivity index (χ4n) is 2.66. The molecule has 0 aromatic heterocycles. The van der Waals surface area contributed by atoms with Crippen LogP contribution in [0.5, 0.6) is 11.5 Å². The molecule has 1 amide bonds. The standard InChI is InChI=1S/C17H16N2O5/c1-11-3-5-16-13(9-11)18(7-8-24-16)17(20)12-4-6-15(23-2)14(10-12)19(21)22/h3-6,9-10H,7-8H2,1-2H3. The molecule has 2 aromatic rings. The maximum Gasteiger partial charge on any atom is 0.311 e. The fourth-order valence-corrected chi connectivity index (χ4v) is 2.66. The Morgan fingerprint density at radius 3 is 2.79 bits per heavy atom. The van der Waals surface area contributed by atoms with Crippen molar-refractivity contribution in [2.75, 3.05) is 25.2 Å². The number of nitrogens with zero attached hydrogens (tertiary/aromatic N) is 2. The van der Waals surface area contributed by atoms with E-state index >= 15 is 0 Å². The highest BCUT2D eigenvalue weighted by molar-refractivity contribution is 6.07. The molecule has 0 saturated heterocycles. The van der Waals surface area contributed by atoms with Gasteiger partial charge in [0.15, 0.2) is 5.75 Å². The van der Waals surface area contributed by atoms with Gasteiger partial charge in [-0.1, -0.05) is 6.07 Å². The average molecular weight is 328 g/mol. The van der Waals surface area contributed by atoms with Gasteiger partial charge in [0.05, 0.1) is 24.3 Å². The van der Waals surface area contributed by atoms with Gasteiger partial charge in [0.1, 0.15) is 12.4 Å². The molecule has 0 N–H and O–H groups in total. The maximum absolute atomic E-state index is 12.9. The van der Waals surface area contributed by atoms with Gasteiger partial charge < -0.3 is 14.4 Å². The van der Waals surface area contributed by atoms with E-state index in [1.54, 1.807) is 4.90 Å². The van der Waals surface area contributed by atoms with Crippen LogP contribution in [0.1, 0.15) is 15.9 Å². The van der Waals surface area contributed by atoms with Crippen LogP contribution in [0.3, 0.4) is 0 Å². The van der Waals surface area contributed by atoms with Crippen LogP contribution in [0.2, 0.25) is 0 Å². The summed E-state index contributed by atoms with van der Waals surface area (Å²) in [6, 6.07) is 9.80. The normalized spacial score (nSPS) is 13.0. The molecule has 0 atom stereocenters. The Balaban J connectivity index is 2.00. The van der Waals surface area contributed by atoms with Crippen LogP contribution in [0, 0.1) is 17.0 Å². The van der Waals surface area contributed by atoms with Gasteiger partial charge in [0, 0.05) is 11.6 Å². The van der Waals surface area contributed by atoms with Gasteiger partial charge in [-0.15, -0.1) is 0 Å². The van der Waals surface area contributed by atoms with E-state index in [0.717, 1.165) is 5.56 Å². The van der Waals surface area contributed by atoms with E-state index in [9.17, 15) is 14.9 Å². The number of rotatable bonds is 3. The lowest BCUT2D eigenvalue weighted by atomic mass is 10.1. The fraction of sp³-hybridized carbons (Fsp3) is 0.235. The molecule has 0 spiro atoms. The zero-order valence-electron chi connectivity index (χ0n) is 13.3. The second kappa shape index (κ2) is 6.19. The van der Waals surface area contributed by atoms with E-state index in [1.807, 2.05) is 25.1 Å². The van der Waals surface area contributed by atoms with Crippen LogP contribution in [-0.2, 0) is 0 Å². The van der Waals surface area contributed by atoms with Crippen LogP contribution >= 0.6 is 0 Å². The number of nitro benzene ring substituents is 1. The second-order valence-electron chi connectivity index (χ2n) is 5.42.